The summed E-state index contributed by atoms with van der Waals surface area (Å²) in [7, 11) is 2.07. The van der Waals surface area contributed by atoms with Crippen molar-refractivity contribution in [3.05, 3.63) is 41.9 Å². The third-order valence-electron chi connectivity index (χ3n) is 5.03. The highest BCUT2D eigenvalue weighted by atomic mass is 16.5. The standard InChI is InChI=1S/C20H24N4O2/c1-13-9-17(14(2)24(13)3)19-10-18-16(5-4-6-22-18)20(23-19)26-12-15-11-21-7-8-25-15/h4-6,9-10,15,21H,7-8,11-12H2,1-3H3/t15-/m0/s1. The number of pyridine rings is 2. The summed E-state index contributed by atoms with van der Waals surface area (Å²) in [5.74, 6) is 0.612. The summed E-state index contributed by atoms with van der Waals surface area (Å²) in [6.45, 7) is 7.08. The van der Waals surface area contributed by atoms with Crippen LogP contribution in [0.3, 0.4) is 0 Å². The van der Waals surface area contributed by atoms with Gasteiger partial charge in [0.2, 0.25) is 5.88 Å². The average molecular weight is 352 g/mol. The molecule has 1 atom stereocenters. The van der Waals surface area contributed by atoms with Crippen molar-refractivity contribution in [2.75, 3.05) is 26.3 Å². The molecule has 0 saturated carbocycles. The number of fused-ring (bicyclic) bond motifs is 1. The van der Waals surface area contributed by atoms with Crippen LogP contribution >= 0.6 is 0 Å². The zero-order valence-corrected chi connectivity index (χ0v) is 15.5. The molecule has 0 aliphatic carbocycles. The van der Waals surface area contributed by atoms with Crippen LogP contribution in [0, 0.1) is 13.8 Å². The van der Waals surface area contributed by atoms with Gasteiger partial charge < -0.3 is 19.4 Å². The van der Waals surface area contributed by atoms with E-state index in [0.29, 0.717) is 19.1 Å². The summed E-state index contributed by atoms with van der Waals surface area (Å²) < 4.78 is 14.0. The predicted molar refractivity (Wildman–Crippen MR) is 102 cm³/mol. The van der Waals surface area contributed by atoms with Crippen molar-refractivity contribution >= 4 is 10.9 Å². The Balaban J connectivity index is 1.72. The fourth-order valence-corrected chi connectivity index (χ4v) is 3.31. The van der Waals surface area contributed by atoms with E-state index >= 15 is 0 Å². The Hall–Kier alpha value is -2.44. The number of hydrogen-bond acceptors (Lipinski definition) is 5. The topological polar surface area (TPSA) is 61.2 Å². The van der Waals surface area contributed by atoms with Gasteiger partial charge in [0, 0.05) is 43.3 Å². The van der Waals surface area contributed by atoms with Crippen LogP contribution in [-0.4, -0.2) is 46.9 Å². The highest BCUT2D eigenvalue weighted by Gasteiger charge is 2.17. The summed E-state index contributed by atoms with van der Waals surface area (Å²) in [5, 5.41) is 4.24. The molecule has 3 aromatic heterocycles. The van der Waals surface area contributed by atoms with Gasteiger partial charge in [-0.1, -0.05) is 0 Å². The lowest BCUT2D eigenvalue weighted by atomic mass is 10.1. The van der Waals surface area contributed by atoms with E-state index in [1.54, 1.807) is 6.20 Å². The van der Waals surface area contributed by atoms with Gasteiger partial charge in [0.1, 0.15) is 12.7 Å². The molecule has 1 aliphatic rings. The maximum absolute atomic E-state index is 6.07. The first kappa shape index (κ1) is 17.0. The third kappa shape index (κ3) is 3.18. The molecule has 4 rings (SSSR count). The predicted octanol–water partition coefficient (Wildman–Crippen LogP) is 2.62. The molecule has 6 heteroatoms. The smallest absolute Gasteiger partial charge is 0.223 e. The zero-order valence-electron chi connectivity index (χ0n) is 15.5. The average Bonchev–Trinajstić information content (AvgIpc) is 2.94. The molecule has 6 nitrogen and oxygen atoms in total. The van der Waals surface area contributed by atoms with E-state index in [2.05, 4.69) is 41.8 Å². The van der Waals surface area contributed by atoms with E-state index in [1.807, 2.05) is 18.2 Å². The molecule has 0 bridgehead atoms. The van der Waals surface area contributed by atoms with Gasteiger partial charge in [-0.05, 0) is 38.1 Å². The molecule has 136 valence electrons. The lowest BCUT2D eigenvalue weighted by Crippen LogP contribution is -2.41. The van der Waals surface area contributed by atoms with Crippen molar-refractivity contribution in [3.63, 3.8) is 0 Å². The number of nitrogens with one attached hydrogen (secondary N) is 1. The van der Waals surface area contributed by atoms with E-state index in [4.69, 9.17) is 14.5 Å². The molecule has 0 unspecified atom stereocenters. The van der Waals surface area contributed by atoms with Crippen molar-refractivity contribution < 1.29 is 9.47 Å². The van der Waals surface area contributed by atoms with Crippen molar-refractivity contribution in [2.45, 2.75) is 20.0 Å². The second-order valence-electron chi connectivity index (χ2n) is 6.73. The Morgan fingerprint density at radius 1 is 1.35 bits per heavy atom. The van der Waals surface area contributed by atoms with Crippen molar-refractivity contribution in [1.29, 1.82) is 0 Å². The van der Waals surface area contributed by atoms with E-state index < -0.39 is 0 Å². The normalized spacial score (nSPS) is 17.6. The molecule has 1 fully saturated rings. The van der Waals surface area contributed by atoms with Crippen LogP contribution in [0.25, 0.3) is 22.2 Å². The first-order valence-corrected chi connectivity index (χ1v) is 8.97. The third-order valence-corrected chi connectivity index (χ3v) is 5.03. The monoisotopic (exact) mass is 352 g/mol. The molecule has 0 radical (unpaired) electrons. The van der Waals surface area contributed by atoms with Gasteiger partial charge in [0.15, 0.2) is 0 Å². The molecular formula is C20H24N4O2. The van der Waals surface area contributed by atoms with E-state index in [1.165, 1.54) is 11.4 Å². The summed E-state index contributed by atoms with van der Waals surface area (Å²) in [4.78, 5) is 9.33. The Labute approximate surface area is 153 Å². The lowest BCUT2D eigenvalue weighted by molar-refractivity contribution is -0.000365. The fourth-order valence-electron chi connectivity index (χ4n) is 3.31. The fraction of sp³-hybridized carbons (Fsp3) is 0.400. The first-order valence-electron chi connectivity index (χ1n) is 8.97. The van der Waals surface area contributed by atoms with Crippen LogP contribution in [0.5, 0.6) is 5.88 Å². The Kier molecular flexibility index (Phi) is 4.61. The van der Waals surface area contributed by atoms with E-state index in [9.17, 15) is 0 Å². The van der Waals surface area contributed by atoms with Crippen molar-refractivity contribution in [1.82, 2.24) is 19.9 Å². The van der Waals surface area contributed by atoms with Gasteiger partial charge in [-0.2, -0.15) is 0 Å². The van der Waals surface area contributed by atoms with Crippen molar-refractivity contribution in [2.24, 2.45) is 7.05 Å². The number of aryl methyl sites for hydroxylation is 1. The highest BCUT2D eigenvalue weighted by molar-refractivity contribution is 5.87. The van der Waals surface area contributed by atoms with Crippen LogP contribution in [0.1, 0.15) is 11.4 Å². The molecule has 1 saturated heterocycles. The van der Waals surface area contributed by atoms with Crippen molar-refractivity contribution in [3.8, 4) is 17.1 Å². The van der Waals surface area contributed by atoms with Crippen LogP contribution < -0.4 is 10.1 Å². The van der Waals surface area contributed by atoms with Crippen LogP contribution in [0.4, 0.5) is 0 Å². The first-order chi connectivity index (χ1) is 12.6. The maximum atomic E-state index is 6.07. The number of nitrogens with zero attached hydrogens (tertiary/aromatic N) is 3. The molecule has 0 amide bonds. The van der Waals surface area contributed by atoms with Crippen LogP contribution in [0.2, 0.25) is 0 Å². The van der Waals surface area contributed by atoms with E-state index in [-0.39, 0.29) is 6.10 Å². The summed E-state index contributed by atoms with van der Waals surface area (Å²) in [6, 6.07) is 8.09. The SMILES string of the molecule is Cc1cc(-c2cc3ncccc3c(OC[C@@H]3CNCCO3)n2)c(C)n1C. The highest BCUT2D eigenvalue weighted by Crippen LogP contribution is 2.31. The molecule has 1 N–H and O–H groups in total. The van der Waals surface area contributed by atoms with E-state index in [0.717, 1.165) is 35.2 Å². The number of ether oxygens (including phenoxy) is 2. The number of hydrogen-bond donors (Lipinski definition) is 1. The second kappa shape index (κ2) is 7.05. The lowest BCUT2D eigenvalue weighted by Gasteiger charge is -2.23. The zero-order chi connectivity index (χ0) is 18.1. The van der Waals surface area contributed by atoms with Gasteiger partial charge >= 0.3 is 0 Å². The van der Waals surface area contributed by atoms with Gasteiger partial charge in [0.25, 0.3) is 0 Å². The van der Waals surface area contributed by atoms with Crippen LogP contribution in [-0.2, 0) is 11.8 Å². The number of morpholine rings is 1. The molecule has 3 aromatic rings. The quantitative estimate of drug-likeness (QED) is 0.782. The minimum absolute atomic E-state index is 0.0432. The largest absolute Gasteiger partial charge is 0.474 e. The van der Waals surface area contributed by atoms with Gasteiger partial charge in [-0.25, -0.2) is 4.98 Å². The molecule has 1 aliphatic heterocycles. The summed E-state index contributed by atoms with van der Waals surface area (Å²) in [5.41, 5.74) is 5.25. The summed E-state index contributed by atoms with van der Waals surface area (Å²) >= 11 is 0. The molecule has 0 spiro atoms. The number of aromatic nitrogens is 3. The molecule has 26 heavy (non-hydrogen) atoms. The Morgan fingerprint density at radius 2 is 2.23 bits per heavy atom. The molecular weight excluding hydrogens is 328 g/mol. The van der Waals surface area contributed by atoms with Gasteiger partial charge in [-0.15, -0.1) is 0 Å². The minimum atomic E-state index is 0.0432. The molecule has 0 aromatic carbocycles. The summed E-state index contributed by atoms with van der Waals surface area (Å²) in [6.07, 6.45) is 1.84. The number of rotatable bonds is 4. The Bertz CT molecular complexity index is 929. The molecule has 4 heterocycles. The van der Waals surface area contributed by atoms with Gasteiger partial charge in [-0.3, -0.25) is 4.98 Å². The van der Waals surface area contributed by atoms with Gasteiger partial charge in [0.05, 0.1) is 23.2 Å². The second-order valence-corrected chi connectivity index (χ2v) is 6.73. The minimum Gasteiger partial charge on any atom is -0.474 e. The van der Waals surface area contributed by atoms with Crippen LogP contribution in [0.15, 0.2) is 30.5 Å². The maximum Gasteiger partial charge on any atom is 0.223 e. The Morgan fingerprint density at radius 3 is 2.96 bits per heavy atom.